The minimum absolute atomic E-state index is 0.358. The summed E-state index contributed by atoms with van der Waals surface area (Å²) in [5.74, 6) is 0. The molecule has 0 aliphatic rings. The average molecular weight is 712 g/mol. The van der Waals surface area contributed by atoms with Gasteiger partial charge in [0, 0.05) is 35.8 Å². The van der Waals surface area contributed by atoms with Crippen molar-refractivity contribution >= 4 is 45.6 Å². The highest BCUT2D eigenvalue weighted by Crippen LogP contribution is 2.25. The molecule has 0 atom stereocenters. The van der Waals surface area contributed by atoms with Crippen LogP contribution >= 0.6 is 22.6 Å². The minimum Gasteiger partial charge on any atom is -0.329 e. The number of carbonyl (C=O) groups is 1. The third-order valence-corrected chi connectivity index (χ3v) is 6.98. The number of anilines is 1. The molecule has 2 amide bonds. The Balaban J connectivity index is 0.000000190. The van der Waals surface area contributed by atoms with Crippen molar-refractivity contribution in [3.05, 3.63) is 102 Å². The van der Waals surface area contributed by atoms with Gasteiger partial charge < -0.3 is 10.6 Å². The zero-order valence-corrected chi connectivity index (χ0v) is 24.5. The van der Waals surface area contributed by atoms with Crippen molar-refractivity contribution in [3.63, 3.8) is 0 Å². The maximum Gasteiger partial charge on any atom is 0.405 e. The lowest BCUT2D eigenvalue weighted by Crippen LogP contribution is -2.36. The molecule has 6 aromatic heterocycles. The molecule has 17 heteroatoms. The Bertz CT molecular complexity index is 2030. The number of urea groups is 1. The molecule has 1 aromatic carbocycles. The molecule has 0 aliphatic heterocycles. The topological polar surface area (TPSA) is 137 Å². The van der Waals surface area contributed by atoms with E-state index in [0.717, 1.165) is 32.0 Å². The lowest BCUT2D eigenvalue weighted by atomic mass is 10.1. The molecule has 0 bridgehead atoms. The molecule has 0 radical (unpaired) electrons. The second-order valence-electron chi connectivity index (χ2n) is 9.13. The number of fused-ring (bicyclic) bond motifs is 2. The molecule has 0 aliphatic carbocycles. The van der Waals surface area contributed by atoms with Crippen molar-refractivity contribution in [2.24, 2.45) is 0 Å². The van der Waals surface area contributed by atoms with Crippen LogP contribution in [-0.4, -0.2) is 67.1 Å². The van der Waals surface area contributed by atoms with E-state index in [1.807, 2.05) is 57.7 Å². The van der Waals surface area contributed by atoms with E-state index in [9.17, 15) is 18.0 Å². The number of carbonyl (C=O) groups excluding carboxylic acids is 1. The van der Waals surface area contributed by atoms with E-state index in [0.29, 0.717) is 11.3 Å². The predicted molar refractivity (Wildman–Crippen MR) is 161 cm³/mol. The van der Waals surface area contributed by atoms with Gasteiger partial charge in [0.1, 0.15) is 46.8 Å². The first-order valence-corrected chi connectivity index (χ1v) is 13.8. The van der Waals surface area contributed by atoms with E-state index < -0.39 is 18.8 Å². The first-order chi connectivity index (χ1) is 21.2. The molecule has 222 valence electrons. The zero-order chi connectivity index (χ0) is 30.7. The summed E-state index contributed by atoms with van der Waals surface area (Å²) in [5.41, 5.74) is 5.19. The van der Waals surface area contributed by atoms with Crippen LogP contribution in [0.3, 0.4) is 0 Å². The Morgan fingerprint density at radius 2 is 1.48 bits per heavy atom. The molecule has 0 fully saturated rings. The van der Waals surface area contributed by atoms with Crippen molar-refractivity contribution in [2.75, 3.05) is 11.9 Å². The number of hydrogen-bond acceptors (Lipinski definition) is 7. The lowest BCUT2D eigenvalue weighted by molar-refractivity contribution is -0.122. The molecule has 7 rings (SSSR count). The number of benzene rings is 1. The number of rotatable bonds is 5. The number of imidazole rings is 2. The molecular weight excluding hydrogens is 692 g/mol. The molecule has 7 aromatic rings. The van der Waals surface area contributed by atoms with E-state index in [2.05, 4.69) is 58.0 Å². The van der Waals surface area contributed by atoms with Crippen LogP contribution in [0.15, 0.2) is 98.6 Å². The fourth-order valence-electron chi connectivity index (χ4n) is 4.20. The lowest BCUT2D eigenvalue weighted by Gasteiger charge is -2.11. The number of aromatic nitrogens is 10. The third kappa shape index (κ3) is 6.51. The zero-order valence-electron chi connectivity index (χ0n) is 22.3. The highest BCUT2D eigenvalue weighted by atomic mass is 127. The molecule has 0 spiro atoms. The van der Waals surface area contributed by atoms with Crippen molar-refractivity contribution in [1.82, 2.24) is 53.6 Å². The highest BCUT2D eigenvalue weighted by Gasteiger charge is 2.27. The van der Waals surface area contributed by atoms with Crippen LogP contribution in [-0.2, 0) is 0 Å². The largest absolute Gasteiger partial charge is 0.405 e. The second kappa shape index (κ2) is 12.1. The Labute approximate surface area is 259 Å². The van der Waals surface area contributed by atoms with Crippen LogP contribution in [0.25, 0.3) is 33.9 Å². The number of hydrogen-bond donors (Lipinski definition) is 2. The Morgan fingerprint density at radius 1 is 0.841 bits per heavy atom. The van der Waals surface area contributed by atoms with Gasteiger partial charge in [0.2, 0.25) is 0 Å². The molecule has 13 nitrogen and oxygen atoms in total. The number of nitrogens with zero attached hydrogens (tertiary/aromatic N) is 10. The van der Waals surface area contributed by atoms with Crippen molar-refractivity contribution in [1.29, 1.82) is 0 Å². The standard InChI is InChI=1S/C18H14F3N7O.C9H6IN5/c19-18(20,21)9-24-17(29)26-13-3-1-2-12(6-13)15-8-23-16-7-14(4-5-27(15)16)28-11-22-10-25-28;10-8-4-12-9-3-7(1-2-14(8)9)15-6-11-5-13-15/h1-8,10-11H,9H2,(H2,24,26,29);1-6H. The van der Waals surface area contributed by atoms with E-state index >= 15 is 0 Å². The van der Waals surface area contributed by atoms with Gasteiger partial charge in [-0.1, -0.05) is 12.1 Å². The Hall–Kier alpha value is -5.33. The predicted octanol–water partition coefficient (Wildman–Crippen LogP) is 4.79. The molecule has 0 unspecified atom stereocenters. The quantitative estimate of drug-likeness (QED) is 0.245. The van der Waals surface area contributed by atoms with Gasteiger partial charge in [-0.2, -0.15) is 23.4 Å². The number of amides is 2. The fraction of sp³-hybridized carbons (Fsp3) is 0.0741. The summed E-state index contributed by atoms with van der Waals surface area (Å²) in [6.07, 6.45) is 9.02. The van der Waals surface area contributed by atoms with Crippen LogP contribution < -0.4 is 10.6 Å². The minimum atomic E-state index is -4.47. The normalized spacial score (nSPS) is 11.4. The summed E-state index contributed by atoms with van der Waals surface area (Å²) < 4.78 is 44.9. The number of alkyl halides is 3. The SMILES string of the molecule is Ic1cnc2cc(-n3cncn3)ccn12.O=C(NCC(F)(F)F)Nc1cccc(-c2cnc3cc(-n4cncn4)ccn23)c1. The highest BCUT2D eigenvalue weighted by molar-refractivity contribution is 14.1. The number of nitrogens with one attached hydrogen (secondary N) is 2. The summed E-state index contributed by atoms with van der Waals surface area (Å²) >= 11 is 2.24. The first-order valence-electron chi connectivity index (χ1n) is 12.8. The summed E-state index contributed by atoms with van der Waals surface area (Å²) in [5, 5.41) is 12.3. The van der Waals surface area contributed by atoms with Crippen molar-refractivity contribution in [2.45, 2.75) is 6.18 Å². The third-order valence-electron chi connectivity index (χ3n) is 6.18. The second-order valence-corrected chi connectivity index (χ2v) is 10.2. The molecular formula is C27H20F3IN12O. The van der Waals surface area contributed by atoms with E-state index in [1.54, 1.807) is 51.7 Å². The van der Waals surface area contributed by atoms with Crippen molar-refractivity contribution < 1.29 is 18.0 Å². The van der Waals surface area contributed by atoms with Crippen LogP contribution in [0.4, 0.5) is 23.7 Å². The molecule has 2 N–H and O–H groups in total. The van der Waals surface area contributed by atoms with Gasteiger partial charge in [0.15, 0.2) is 0 Å². The maximum atomic E-state index is 12.2. The fourth-order valence-corrected chi connectivity index (χ4v) is 4.75. The van der Waals surface area contributed by atoms with Gasteiger partial charge in [0.05, 0.1) is 29.5 Å². The van der Waals surface area contributed by atoms with Gasteiger partial charge in [-0.25, -0.2) is 34.1 Å². The summed E-state index contributed by atoms with van der Waals surface area (Å²) in [7, 11) is 0. The van der Waals surface area contributed by atoms with Crippen LogP contribution in [0.1, 0.15) is 0 Å². The van der Waals surface area contributed by atoms with Gasteiger partial charge in [-0.15, -0.1) is 0 Å². The smallest absolute Gasteiger partial charge is 0.329 e. The summed E-state index contributed by atoms with van der Waals surface area (Å²) in [4.78, 5) is 28.2. The van der Waals surface area contributed by atoms with Gasteiger partial charge >= 0.3 is 12.2 Å². The Morgan fingerprint density at radius 3 is 2.11 bits per heavy atom. The monoisotopic (exact) mass is 712 g/mol. The molecule has 0 saturated heterocycles. The summed E-state index contributed by atoms with van der Waals surface area (Å²) in [6.45, 7) is -1.40. The van der Waals surface area contributed by atoms with E-state index in [-0.39, 0.29) is 0 Å². The van der Waals surface area contributed by atoms with Crippen LogP contribution in [0, 0.1) is 3.70 Å². The number of pyridine rings is 2. The average Bonchev–Trinajstić information content (AvgIpc) is 3.83. The van der Waals surface area contributed by atoms with Gasteiger partial charge in [-0.3, -0.25) is 8.80 Å². The molecule has 0 saturated carbocycles. The molecule has 6 heterocycles. The molecule has 44 heavy (non-hydrogen) atoms. The van der Waals surface area contributed by atoms with Crippen LogP contribution in [0.5, 0.6) is 0 Å². The van der Waals surface area contributed by atoms with E-state index in [1.165, 1.54) is 12.7 Å². The summed E-state index contributed by atoms with van der Waals surface area (Å²) in [6, 6.07) is 13.4. The van der Waals surface area contributed by atoms with Crippen molar-refractivity contribution in [3.8, 4) is 22.6 Å². The Kier molecular flexibility index (Phi) is 7.92. The van der Waals surface area contributed by atoms with Gasteiger partial charge in [-0.05, 0) is 46.9 Å². The maximum absolute atomic E-state index is 12.2. The number of halogens is 4. The van der Waals surface area contributed by atoms with Crippen LogP contribution in [0.2, 0.25) is 0 Å². The first kappa shape index (κ1) is 28.8. The van der Waals surface area contributed by atoms with Gasteiger partial charge in [0.25, 0.3) is 0 Å². The van der Waals surface area contributed by atoms with E-state index in [4.69, 9.17) is 0 Å².